The van der Waals surface area contributed by atoms with Gasteiger partial charge in [0.05, 0.1) is 5.56 Å². The van der Waals surface area contributed by atoms with E-state index in [1.165, 1.54) is 17.4 Å². The summed E-state index contributed by atoms with van der Waals surface area (Å²) in [7, 11) is 0. The Balaban J connectivity index is 2.11. The van der Waals surface area contributed by atoms with Crippen LogP contribution >= 0.6 is 11.3 Å². The van der Waals surface area contributed by atoms with Crippen molar-refractivity contribution in [1.82, 2.24) is 0 Å². The second kappa shape index (κ2) is 5.76. The van der Waals surface area contributed by atoms with E-state index >= 15 is 0 Å². The van der Waals surface area contributed by atoms with Gasteiger partial charge in [-0.25, -0.2) is 0 Å². The smallest absolute Gasteiger partial charge is 0.249 e. The van der Waals surface area contributed by atoms with Crippen molar-refractivity contribution in [3.63, 3.8) is 0 Å². The molecule has 0 saturated carbocycles. The van der Waals surface area contributed by atoms with Crippen molar-refractivity contribution in [3.8, 4) is 6.07 Å². The van der Waals surface area contributed by atoms with Crippen molar-refractivity contribution in [2.45, 2.75) is 20.8 Å². The highest BCUT2D eigenvalue weighted by Crippen LogP contribution is 2.31. The Morgan fingerprint density at radius 1 is 1.40 bits per heavy atom. The van der Waals surface area contributed by atoms with Crippen molar-refractivity contribution < 1.29 is 9.21 Å². The number of amides is 1. The first-order chi connectivity index (χ1) is 9.51. The minimum absolute atomic E-state index is 0.281. The summed E-state index contributed by atoms with van der Waals surface area (Å²) in [5.74, 6) is 1.13. The number of hydrogen-bond donors (Lipinski definition) is 1. The quantitative estimate of drug-likeness (QED) is 0.873. The molecule has 1 amide bonds. The van der Waals surface area contributed by atoms with Crippen LogP contribution in [-0.4, -0.2) is 5.91 Å². The lowest BCUT2D eigenvalue weighted by Crippen LogP contribution is -2.07. The number of nitrogens with one attached hydrogen (secondary N) is 1. The number of anilines is 1. The van der Waals surface area contributed by atoms with Crippen LogP contribution in [0.2, 0.25) is 0 Å². The van der Waals surface area contributed by atoms with Gasteiger partial charge >= 0.3 is 0 Å². The molecule has 4 nitrogen and oxygen atoms in total. The normalized spacial score (nSPS) is 10.7. The topological polar surface area (TPSA) is 66.0 Å². The van der Waals surface area contributed by atoms with E-state index in [-0.39, 0.29) is 5.91 Å². The van der Waals surface area contributed by atoms with Gasteiger partial charge in [-0.2, -0.15) is 5.26 Å². The van der Waals surface area contributed by atoms with E-state index < -0.39 is 0 Å². The van der Waals surface area contributed by atoms with E-state index in [1.807, 2.05) is 26.8 Å². The van der Waals surface area contributed by atoms with Crippen molar-refractivity contribution in [3.05, 3.63) is 45.7 Å². The predicted octanol–water partition coefficient (Wildman–Crippen LogP) is 3.79. The lowest BCUT2D eigenvalue weighted by molar-refractivity contribution is -0.111. The van der Waals surface area contributed by atoms with Gasteiger partial charge in [0.25, 0.3) is 0 Å². The van der Waals surface area contributed by atoms with Crippen molar-refractivity contribution >= 4 is 28.3 Å². The number of furan rings is 1. The van der Waals surface area contributed by atoms with Gasteiger partial charge in [-0.15, -0.1) is 11.3 Å². The number of carbonyl (C=O) groups excluding carboxylic acids is 1. The molecule has 20 heavy (non-hydrogen) atoms. The fourth-order valence-corrected chi connectivity index (χ4v) is 2.72. The van der Waals surface area contributed by atoms with Crippen molar-refractivity contribution in [1.29, 1.82) is 5.26 Å². The van der Waals surface area contributed by atoms with Crippen LogP contribution in [0, 0.1) is 32.1 Å². The molecule has 0 aliphatic heterocycles. The van der Waals surface area contributed by atoms with Crippen LogP contribution in [0.25, 0.3) is 6.08 Å². The van der Waals surface area contributed by atoms with Gasteiger partial charge in [0, 0.05) is 11.0 Å². The second-order valence-electron chi connectivity index (χ2n) is 4.37. The zero-order chi connectivity index (χ0) is 14.7. The summed E-state index contributed by atoms with van der Waals surface area (Å²) >= 11 is 1.41. The molecule has 5 heteroatoms. The standard InChI is InChI=1S/C15H14N2O2S/c1-9-4-5-12(19-9)6-7-14(18)17-15-13(8-16)10(2)11(3)20-15/h4-7H,1-3H3,(H,17,18)/b7-6+. The first-order valence-corrected chi connectivity index (χ1v) is 6.88. The first-order valence-electron chi connectivity index (χ1n) is 6.07. The van der Waals surface area contributed by atoms with Crippen LogP contribution in [0.5, 0.6) is 0 Å². The van der Waals surface area contributed by atoms with Gasteiger partial charge in [-0.1, -0.05) is 0 Å². The highest BCUT2D eigenvalue weighted by Gasteiger charge is 2.13. The van der Waals surface area contributed by atoms with Crippen LogP contribution < -0.4 is 5.32 Å². The van der Waals surface area contributed by atoms with Crippen LogP contribution in [-0.2, 0) is 4.79 Å². The predicted molar refractivity (Wildman–Crippen MR) is 79.6 cm³/mol. The van der Waals surface area contributed by atoms with Gasteiger partial charge in [0.15, 0.2) is 0 Å². The summed E-state index contributed by atoms with van der Waals surface area (Å²) in [5, 5.41) is 12.4. The molecule has 0 fully saturated rings. The Morgan fingerprint density at radius 2 is 2.15 bits per heavy atom. The maximum atomic E-state index is 11.8. The van der Waals surface area contributed by atoms with Crippen molar-refractivity contribution in [2.75, 3.05) is 5.32 Å². The maximum Gasteiger partial charge on any atom is 0.249 e. The summed E-state index contributed by atoms with van der Waals surface area (Å²) in [5.41, 5.74) is 1.45. The van der Waals surface area contributed by atoms with E-state index in [4.69, 9.17) is 9.68 Å². The average molecular weight is 286 g/mol. The summed E-state index contributed by atoms with van der Waals surface area (Å²) in [6.07, 6.45) is 2.99. The van der Waals surface area contributed by atoms with Crippen molar-refractivity contribution in [2.24, 2.45) is 0 Å². The largest absolute Gasteiger partial charge is 0.462 e. The van der Waals surface area contributed by atoms with E-state index in [0.717, 1.165) is 16.2 Å². The number of rotatable bonds is 3. The molecule has 2 aromatic rings. The summed E-state index contributed by atoms with van der Waals surface area (Å²) < 4.78 is 5.34. The van der Waals surface area contributed by atoms with Gasteiger partial charge in [-0.3, -0.25) is 4.79 Å². The molecule has 2 heterocycles. The van der Waals surface area contributed by atoms with Gasteiger partial charge < -0.3 is 9.73 Å². The number of thiophene rings is 1. The number of hydrogen-bond acceptors (Lipinski definition) is 4. The molecule has 2 rings (SSSR count). The third-order valence-corrected chi connectivity index (χ3v) is 4.02. The van der Waals surface area contributed by atoms with Crippen LogP contribution in [0.15, 0.2) is 22.6 Å². The van der Waals surface area contributed by atoms with E-state index in [0.29, 0.717) is 16.3 Å². The third-order valence-electron chi connectivity index (χ3n) is 2.89. The fraction of sp³-hybridized carbons (Fsp3) is 0.200. The summed E-state index contributed by atoms with van der Waals surface area (Å²) in [4.78, 5) is 12.9. The van der Waals surface area contributed by atoms with E-state index in [1.54, 1.807) is 12.1 Å². The maximum absolute atomic E-state index is 11.8. The molecule has 0 spiro atoms. The third kappa shape index (κ3) is 2.98. The molecule has 0 aliphatic carbocycles. The van der Waals surface area contributed by atoms with Crippen LogP contribution in [0.1, 0.15) is 27.5 Å². The molecule has 102 valence electrons. The minimum atomic E-state index is -0.281. The molecule has 0 aliphatic rings. The molecule has 0 radical (unpaired) electrons. The van der Waals surface area contributed by atoms with Gasteiger partial charge in [-0.05, 0) is 44.5 Å². The zero-order valence-electron chi connectivity index (χ0n) is 11.5. The number of nitriles is 1. The molecule has 0 bridgehead atoms. The van der Waals surface area contributed by atoms with Gasteiger partial charge in [0.2, 0.25) is 5.91 Å². The molecule has 0 saturated heterocycles. The highest BCUT2D eigenvalue weighted by molar-refractivity contribution is 7.16. The Kier molecular flexibility index (Phi) is 4.06. The monoisotopic (exact) mass is 286 g/mol. The number of carbonyl (C=O) groups is 1. The van der Waals surface area contributed by atoms with E-state index in [2.05, 4.69) is 11.4 Å². The van der Waals surface area contributed by atoms with Crippen LogP contribution in [0.4, 0.5) is 5.00 Å². The molecule has 0 unspecified atom stereocenters. The summed E-state index contributed by atoms with van der Waals surface area (Å²) in [6.45, 7) is 5.65. The zero-order valence-corrected chi connectivity index (χ0v) is 12.3. The lowest BCUT2D eigenvalue weighted by Gasteiger charge is -1.98. The lowest BCUT2D eigenvalue weighted by atomic mass is 10.2. The molecule has 1 N–H and O–H groups in total. The van der Waals surface area contributed by atoms with Gasteiger partial charge in [0.1, 0.15) is 22.6 Å². The Morgan fingerprint density at radius 3 is 2.75 bits per heavy atom. The Hall–Kier alpha value is -2.32. The fourth-order valence-electron chi connectivity index (χ4n) is 1.70. The molecule has 2 aromatic heterocycles. The summed E-state index contributed by atoms with van der Waals surface area (Å²) in [6, 6.07) is 5.74. The molecule has 0 atom stereocenters. The molecular weight excluding hydrogens is 272 g/mol. The minimum Gasteiger partial charge on any atom is -0.462 e. The van der Waals surface area contributed by atoms with E-state index in [9.17, 15) is 4.79 Å². The molecular formula is C15H14N2O2S. The Bertz CT molecular complexity index is 717. The first kappa shape index (κ1) is 14.1. The number of aryl methyl sites for hydroxylation is 2. The Labute approximate surface area is 121 Å². The highest BCUT2D eigenvalue weighted by atomic mass is 32.1. The average Bonchev–Trinajstić information content (AvgIpc) is 2.92. The second-order valence-corrected chi connectivity index (χ2v) is 5.59. The number of nitrogens with zero attached hydrogens (tertiary/aromatic N) is 1. The SMILES string of the molecule is Cc1ccc(/C=C/C(=O)Nc2sc(C)c(C)c2C#N)o1. The van der Waals surface area contributed by atoms with Crippen LogP contribution in [0.3, 0.4) is 0 Å². The molecule has 0 aromatic carbocycles.